The van der Waals surface area contributed by atoms with E-state index < -0.39 is 11.6 Å². The van der Waals surface area contributed by atoms with Crippen LogP contribution in [0.25, 0.3) is 0 Å². The van der Waals surface area contributed by atoms with Crippen LogP contribution in [0, 0.1) is 35.0 Å². The van der Waals surface area contributed by atoms with E-state index in [0.717, 1.165) is 25.7 Å². The molecule has 4 unspecified atom stereocenters. The maximum atomic E-state index is 12.8. The number of aliphatic hydroxyl groups excluding tert-OH is 2. The third-order valence-electron chi connectivity index (χ3n) is 9.76. The number of carbonyl (C=O) groups excluding carboxylic acids is 3. The monoisotopic (exact) mass is 495 g/mol. The van der Waals surface area contributed by atoms with Crippen LogP contribution in [0.1, 0.15) is 85.5 Å². The minimum Gasteiger partial charge on any atom is -0.469 e. The highest BCUT2D eigenvalue weighted by Gasteiger charge is 2.63. The molecule has 0 aromatic heterocycles. The number of rotatable bonds is 9. The largest absolute Gasteiger partial charge is 0.469 e. The molecule has 0 radical (unpaired) electrons. The number of hydrogen-bond donors (Lipinski definition) is 3. The van der Waals surface area contributed by atoms with Gasteiger partial charge in [0.1, 0.15) is 6.10 Å². The number of fused-ring (bicyclic) bond motifs is 3. The van der Waals surface area contributed by atoms with Crippen molar-refractivity contribution in [1.29, 1.82) is 0 Å². The second-order valence-corrected chi connectivity index (χ2v) is 11.7. The normalized spacial score (nSPS) is 38.4. The topological polar surface area (TPSA) is 122 Å². The van der Waals surface area contributed by atoms with Crippen LogP contribution in [0.2, 0.25) is 0 Å². The molecule has 3 fully saturated rings. The van der Waals surface area contributed by atoms with Crippen LogP contribution in [-0.2, 0) is 23.9 Å². The molecule has 9 atom stereocenters. The van der Waals surface area contributed by atoms with E-state index in [1.54, 1.807) is 0 Å². The van der Waals surface area contributed by atoms with Gasteiger partial charge < -0.3 is 25.0 Å². The van der Waals surface area contributed by atoms with E-state index in [0.29, 0.717) is 49.9 Å². The Kier molecular flexibility index (Phi) is 8.90. The third kappa shape index (κ3) is 5.68. The Balaban J connectivity index is 1.94. The van der Waals surface area contributed by atoms with Crippen molar-refractivity contribution in [3.8, 4) is 0 Å². The zero-order valence-electron chi connectivity index (χ0n) is 22.0. The number of nitrogens with one attached hydrogen (secondary N) is 1. The molecule has 3 aliphatic rings. The number of amides is 1. The molecule has 200 valence electrons. The molecular weight excluding hydrogens is 450 g/mol. The van der Waals surface area contributed by atoms with E-state index in [9.17, 15) is 24.6 Å². The quantitative estimate of drug-likeness (QED) is 0.420. The second kappa shape index (κ2) is 11.2. The summed E-state index contributed by atoms with van der Waals surface area (Å²) in [6.45, 7) is 7.66. The Morgan fingerprint density at radius 2 is 1.89 bits per heavy atom. The maximum Gasteiger partial charge on any atom is 0.305 e. The van der Waals surface area contributed by atoms with Crippen molar-refractivity contribution in [1.82, 2.24) is 5.32 Å². The highest BCUT2D eigenvalue weighted by Crippen LogP contribution is 2.64. The minimum absolute atomic E-state index is 0.0205. The van der Waals surface area contributed by atoms with E-state index in [2.05, 4.69) is 26.1 Å². The molecule has 35 heavy (non-hydrogen) atoms. The second-order valence-electron chi connectivity index (χ2n) is 11.7. The van der Waals surface area contributed by atoms with Crippen LogP contribution in [0.4, 0.5) is 0 Å². The van der Waals surface area contributed by atoms with Crippen LogP contribution < -0.4 is 5.32 Å². The van der Waals surface area contributed by atoms with Crippen molar-refractivity contribution in [2.45, 2.75) is 103 Å². The first-order valence-electron chi connectivity index (χ1n) is 13.3. The Hall–Kier alpha value is -1.67. The first-order chi connectivity index (χ1) is 16.5. The third-order valence-corrected chi connectivity index (χ3v) is 9.76. The van der Waals surface area contributed by atoms with E-state index in [4.69, 9.17) is 9.47 Å². The van der Waals surface area contributed by atoms with E-state index >= 15 is 0 Å². The summed E-state index contributed by atoms with van der Waals surface area (Å²) in [5.74, 6) is 0.791. The molecule has 3 rings (SSSR count). The number of aliphatic hydroxyl groups is 2. The first-order valence-corrected chi connectivity index (χ1v) is 13.3. The molecule has 0 spiro atoms. The fourth-order valence-electron chi connectivity index (χ4n) is 7.98. The van der Waals surface area contributed by atoms with Gasteiger partial charge in [0.05, 0.1) is 19.8 Å². The number of carbonyl (C=O) groups is 3. The smallest absolute Gasteiger partial charge is 0.305 e. The van der Waals surface area contributed by atoms with Crippen LogP contribution in [0.15, 0.2) is 0 Å². The average Bonchev–Trinajstić information content (AvgIpc) is 3.11. The summed E-state index contributed by atoms with van der Waals surface area (Å²) >= 11 is 0. The lowest BCUT2D eigenvalue weighted by Crippen LogP contribution is -2.60. The van der Waals surface area contributed by atoms with Gasteiger partial charge in [0.15, 0.2) is 0 Å². The van der Waals surface area contributed by atoms with Crippen molar-refractivity contribution < 1.29 is 34.1 Å². The summed E-state index contributed by atoms with van der Waals surface area (Å²) < 4.78 is 10.9. The van der Waals surface area contributed by atoms with Crippen LogP contribution in [0.5, 0.6) is 0 Å². The highest BCUT2D eigenvalue weighted by molar-refractivity contribution is 5.77. The summed E-state index contributed by atoms with van der Waals surface area (Å²) in [4.78, 5) is 36.8. The van der Waals surface area contributed by atoms with E-state index in [1.807, 2.05) is 0 Å². The number of hydrogen-bond acceptors (Lipinski definition) is 7. The molecule has 8 nitrogen and oxygen atoms in total. The fourth-order valence-corrected chi connectivity index (χ4v) is 7.98. The van der Waals surface area contributed by atoms with Gasteiger partial charge in [0, 0.05) is 30.7 Å². The van der Waals surface area contributed by atoms with Crippen LogP contribution >= 0.6 is 0 Å². The van der Waals surface area contributed by atoms with Gasteiger partial charge in [-0.05, 0) is 81.5 Å². The van der Waals surface area contributed by atoms with Gasteiger partial charge in [0.2, 0.25) is 5.91 Å². The summed E-state index contributed by atoms with van der Waals surface area (Å²) in [6.07, 6.45) is 4.88. The Labute approximate surface area is 209 Å². The maximum absolute atomic E-state index is 12.8. The van der Waals surface area contributed by atoms with Crippen molar-refractivity contribution >= 4 is 17.8 Å². The summed E-state index contributed by atoms with van der Waals surface area (Å²) in [7, 11) is 1.41. The molecule has 0 aromatic carbocycles. The summed E-state index contributed by atoms with van der Waals surface area (Å²) in [6, 6.07) is 0. The van der Waals surface area contributed by atoms with Crippen LogP contribution in [-0.4, -0.2) is 59.5 Å². The zero-order valence-corrected chi connectivity index (χ0v) is 22.0. The lowest BCUT2D eigenvalue weighted by atomic mass is 9.51. The van der Waals surface area contributed by atoms with Gasteiger partial charge in [-0.1, -0.05) is 13.8 Å². The van der Waals surface area contributed by atoms with Crippen molar-refractivity contribution in [2.75, 3.05) is 13.7 Å². The molecule has 2 aliphatic carbocycles. The Morgan fingerprint density at radius 3 is 2.51 bits per heavy atom. The first kappa shape index (κ1) is 27.9. The van der Waals surface area contributed by atoms with Gasteiger partial charge in [-0.3, -0.25) is 14.4 Å². The zero-order chi connectivity index (χ0) is 26.0. The van der Waals surface area contributed by atoms with Crippen LogP contribution in [0.3, 0.4) is 0 Å². The van der Waals surface area contributed by atoms with Gasteiger partial charge in [-0.2, -0.15) is 0 Å². The fraction of sp³-hybridized carbons (Fsp3) is 0.889. The average molecular weight is 496 g/mol. The predicted molar refractivity (Wildman–Crippen MR) is 130 cm³/mol. The lowest BCUT2D eigenvalue weighted by molar-refractivity contribution is -0.177. The molecule has 8 heteroatoms. The molecule has 2 saturated carbocycles. The lowest BCUT2D eigenvalue weighted by Gasteiger charge is -2.56. The predicted octanol–water partition coefficient (Wildman–Crippen LogP) is 2.98. The molecule has 0 aromatic rings. The van der Waals surface area contributed by atoms with Gasteiger partial charge >= 0.3 is 11.9 Å². The Bertz CT molecular complexity index is 787. The van der Waals surface area contributed by atoms with Gasteiger partial charge in [0.25, 0.3) is 0 Å². The molecule has 1 aliphatic heterocycles. The van der Waals surface area contributed by atoms with E-state index in [-0.39, 0.29) is 47.8 Å². The Morgan fingerprint density at radius 1 is 1.17 bits per heavy atom. The summed E-state index contributed by atoms with van der Waals surface area (Å²) in [5.41, 5.74) is -0.788. The van der Waals surface area contributed by atoms with Gasteiger partial charge in [-0.15, -0.1) is 0 Å². The minimum atomic E-state index is -0.824. The van der Waals surface area contributed by atoms with Crippen molar-refractivity contribution in [2.24, 2.45) is 35.0 Å². The standard InChI is InChI=1S/C27H45NO7/c1-16(6-11-25(33)34-5)20-8-9-21-19-7-10-24(32)28-26(3,13-12-18(31)15-29)22(19)14-23(27(20,21)4)35-17(2)30/h16,18-23,29,31H,6-15H2,1-5H3,(H,28,32)/t16-,18?,19?,20-,21?,22?,23+,26-,27-/m1/s1. The van der Waals surface area contributed by atoms with E-state index in [1.165, 1.54) is 14.0 Å². The summed E-state index contributed by atoms with van der Waals surface area (Å²) in [5, 5.41) is 22.6. The number of methoxy groups -OCH3 is 1. The molecule has 1 saturated heterocycles. The number of esters is 2. The SMILES string of the molecule is COC(=O)CC[C@@H](C)[C@H]1CCC2C3CCC(=O)N[C@](C)(CCC(O)CO)C3C[C@H](OC(C)=O)[C@@]21C. The highest BCUT2D eigenvalue weighted by atomic mass is 16.5. The number of ether oxygens (including phenoxy) is 2. The molecule has 3 N–H and O–H groups in total. The van der Waals surface area contributed by atoms with Crippen molar-refractivity contribution in [3.63, 3.8) is 0 Å². The van der Waals surface area contributed by atoms with Gasteiger partial charge in [-0.25, -0.2) is 0 Å². The molecule has 0 bridgehead atoms. The van der Waals surface area contributed by atoms with Crippen molar-refractivity contribution in [3.05, 3.63) is 0 Å². The molecule has 1 amide bonds. The molecule has 1 heterocycles. The molecular formula is C27H45NO7.